The molecule has 124 valence electrons. The Labute approximate surface area is 135 Å². The van der Waals surface area contributed by atoms with Crippen molar-refractivity contribution in [1.82, 2.24) is 14.0 Å². The molecule has 1 atom stereocenters. The molecule has 2 aromatic heterocycles. The van der Waals surface area contributed by atoms with E-state index in [2.05, 4.69) is 4.72 Å². The van der Waals surface area contributed by atoms with Crippen LogP contribution in [0.3, 0.4) is 0 Å². The Morgan fingerprint density at radius 3 is 2.87 bits per heavy atom. The highest BCUT2D eigenvalue weighted by Crippen LogP contribution is 2.22. The molecule has 1 amide bonds. The molecule has 2 aromatic rings. The van der Waals surface area contributed by atoms with Crippen LogP contribution in [0.5, 0.6) is 0 Å². The summed E-state index contributed by atoms with van der Waals surface area (Å²) in [6.07, 6.45) is 6.40. The maximum absolute atomic E-state index is 12.9. The summed E-state index contributed by atoms with van der Waals surface area (Å²) in [5.41, 5.74) is 1.48. The van der Waals surface area contributed by atoms with Crippen molar-refractivity contribution in [2.75, 3.05) is 13.1 Å². The Morgan fingerprint density at radius 1 is 1.26 bits per heavy atom. The van der Waals surface area contributed by atoms with Gasteiger partial charge in [0.25, 0.3) is 16.1 Å². The number of nitrogens with two attached hydrogens (primary N) is 1. The number of carbonyl (C=O) groups excluding carboxylic acids is 1. The summed E-state index contributed by atoms with van der Waals surface area (Å²) in [5.74, 6) is -0.0698. The van der Waals surface area contributed by atoms with E-state index in [0.29, 0.717) is 12.1 Å². The third-order valence-corrected chi connectivity index (χ3v) is 4.78. The van der Waals surface area contributed by atoms with Gasteiger partial charge in [-0.15, -0.1) is 0 Å². The van der Waals surface area contributed by atoms with Gasteiger partial charge in [-0.3, -0.25) is 4.79 Å². The number of rotatable bonds is 4. The minimum absolute atomic E-state index is 0.0698. The zero-order valence-electron chi connectivity index (χ0n) is 12.7. The summed E-state index contributed by atoms with van der Waals surface area (Å²) in [7, 11) is -3.75. The molecular formula is C15H20N4O3S. The van der Waals surface area contributed by atoms with Crippen LogP contribution in [0.2, 0.25) is 0 Å². The van der Waals surface area contributed by atoms with Crippen molar-refractivity contribution in [3.05, 3.63) is 42.2 Å². The second kappa shape index (κ2) is 6.31. The van der Waals surface area contributed by atoms with Crippen LogP contribution in [0.1, 0.15) is 29.6 Å². The van der Waals surface area contributed by atoms with Crippen LogP contribution in [-0.2, 0) is 10.2 Å². The van der Waals surface area contributed by atoms with Crippen molar-refractivity contribution in [1.29, 1.82) is 0 Å². The maximum Gasteiger partial charge on any atom is 0.274 e. The molecule has 0 bridgehead atoms. The second-order valence-corrected chi connectivity index (χ2v) is 7.14. The fourth-order valence-corrected chi connectivity index (χ4v) is 3.51. The molecule has 0 aliphatic carbocycles. The summed E-state index contributed by atoms with van der Waals surface area (Å²) in [4.78, 5) is 14.7. The molecule has 8 heteroatoms. The SMILES string of the molecule is NS(=O)(=O)NCC1CCCCN1C(=O)c1ccn2ccccc12. The summed E-state index contributed by atoms with van der Waals surface area (Å²) in [5, 5.41) is 5.00. The first-order valence-electron chi connectivity index (χ1n) is 7.60. The first-order valence-corrected chi connectivity index (χ1v) is 9.14. The number of likely N-dealkylation sites (tertiary alicyclic amines) is 1. The van der Waals surface area contributed by atoms with E-state index in [0.717, 1.165) is 24.8 Å². The summed E-state index contributed by atoms with van der Waals surface area (Å²) < 4.78 is 26.4. The van der Waals surface area contributed by atoms with Gasteiger partial charge in [0, 0.05) is 31.5 Å². The lowest BCUT2D eigenvalue weighted by Gasteiger charge is -2.35. The Morgan fingerprint density at radius 2 is 2.09 bits per heavy atom. The standard InChI is InChI=1S/C15H20N4O3S/c16-23(21,22)17-11-12-5-1-4-9-19(12)15(20)13-7-10-18-8-3-2-6-14(13)18/h2-3,6-8,10,12,17H,1,4-5,9,11H2,(H2,16,21,22). The number of carbonyl (C=O) groups is 1. The molecule has 23 heavy (non-hydrogen) atoms. The van der Waals surface area contributed by atoms with E-state index < -0.39 is 10.2 Å². The zero-order chi connectivity index (χ0) is 16.4. The van der Waals surface area contributed by atoms with Gasteiger partial charge in [0.05, 0.1) is 11.1 Å². The van der Waals surface area contributed by atoms with Crippen LogP contribution in [0, 0.1) is 0 Å². The van der Waals surface area contributed by atoms with Crippen LogP contribution in [0.25, 0.3) is 5.52 Å². The number of nitrogens with zero attached hydrogens (tertiary/aromatic N) is 2. The fraction of sp³-hybridized carbons (Fsp3) is 0.400. The van der Waals surface area contributed by atoms with E-state index in [-0.39, 0.29) is 18.5 Å². The van der Waals surface area contributed by atoms with Gasteiger partial charge in [0.15, 0.2) is 0 Å². The highest BCUT2D eigenvalue weighted by molar-refractivity contribution is 7.87. The number of piperidine rings is 1. The Bertz CT molecular complexity index is 815. The van der Waals surface area contributed by atoms with Crippen LogP contribution < -0.4 is 9.86 Å². The predicted octanol–water partition coefficient (Wildman–Crippen LogP) is 0.727. The van der Waals surface area contributed by atoms with Crippen molar-refractivity contribution >= 4 is 21.6 Å². The van der Waals surface area contributed by atoms with E-state index >= 15 is 0 Å². The molecule has 1 aliphatic heterocycles. The number of fused-ring (bicyclic) bond motifs is 1. The van der Waals surface area contributed by atoms with Crippen molar-refractivity contribution in [2.24, 2.45) is 5.14 Å². The van der Waals surface area contributed by atoms with E-state index in [1.165, 1.54) is 0 Å². The molecule has 0 radical (unpaired) electrons. The highest BCUT2D eigenvalue weighted by atomic mass is 32.2. The number of pyridine rings is 1. The summed E-state index contributed by atoms with van der Waals surface area (Å²) >= 11 is 0. The van der Waals surface area contributed by atoms with Crippen molar-refractivity contribution in [3.8, 4) is 0 Å². The normalized spacial score (nSPS) is 19.2. The van der Waals surface area contributed by atoms with E-state index in [1.54, 1.807) is 11.0 Å². The van der Waals surface area contributed by atoms with Gasteiger partial charge < -0.3 is 9.30 Å². The fourth-order valence-electron chi connectivity index (χ4n) is 3.08. The molecule has 0 aromatic carbocycles. The predicted molar refractivity (Wildman–Crippen MR) is 87.2 cm³/mol. The molecule has 1 saturated heterocycles. The highest BCUT2D eigenvalue weighted by Gasteiger charge is 2.29. The number of amides is 1. The van der Waals surface area contributed by atoms with Gasteiger partial charge in [-0.1, -0.05) is 6.07 Å². The molecule has 0 saturated carbocycles. The van der Waals surface area contributed by atoms with Gasteiger partial charge in [-0.05, 0) is 37.5 Å². The molecule has 1 aliphatic rings. The Balaban J connectivity index is 1.83. The lowest BCUT2D eigenvalue weighted by atomic mass is 10.0. The Kier molecular flexibility index (Phi) is 4.38. The van der Waals surface area contributed by atoms with E-state index in [9.17, 15) is 13.2 Å². The molecule has 1 unspecified atom stereocenters. The van der Waals surface area contributed by atoms with Crippen LogP contribution in [-0.4, -0.2) is 42.8 Å². The first kappa shape index (κ1) is 16.0. The number of nitrogens with one attached hydrogen (secondary N) is 1. The van der Waals surface area contributed by atoms with Crippen LogP contribution in [0.4, 0.5) is 0 Å². The van der Waals surface area contributed by atoms with Crippen molar-refractivity contribution in [3.63, 3.8) is 0 Å². The minimum Gasteiger partial charge on any atom is -0.334 e. The van der Waals surface area contributed by atoms with Gasteiger partial charge in [-0.2, -0.15) is 8.42 Å². The third-order valence-electron chi connectivity index (χ3n) is 4.21. The Hall–Kier alpha value is -1.90. The maximum atomic E-state index is 12.9. The van der Waals surface area contributed by atoms with Gasteiger partial charge in [0.1, 0.15) is 0 Å². The van der Waals surface area contributed by atoms with Crippen LogP contribution in [0.15, 0.2) is 36.7 Å². The molecule has 3 rings (SSSR count). The van der Waals surface area contributed by atoms with Crippen molar-refractivity contribution in [2.45, 2.75) is 25.3 Å². The average Bonchev–Trinajstić information content (AvgIpc) is 2.96. The lowest BCUT2D eigenvalue weighted by molar-refractivity contribution is 0.0621. The molecule has 3 heterocycles. The van der Waals surface area contributed by atoms with Crippen LogP contribution >= 0.6 is 0 Å². The van der Waals surface area contributed by atoms with Gasteiger partial charge in [0.2, 0.25) is 0 Å². The smallest absolute Gasteiger partial charge is 0.274 e. The van der Waals surface area contributed by atoms with Crippen molar-refractivity contribution < 1.29 is 13.2 Å². The third kappa shape index (κ3) is 3.54. The molecular weight excluding hydrogens is 316 g/mol. The quantitative estimate of drug-likeness (QED) is 0.861. The second-order valence-electron chi connectivity index (χ2n) is 5.76. The number of hydrogen-bond acceptors (Lipinski definition) is 3. The lowest BCUT2D eigenvalue weighted by Crippen LogP contribution is -2.50. The molecule has 3 N–H and O–H groups in total. The average molecular weight is 336 g/mol. The largest absolute Gasteiger partial charge is 0.334 e. The first-order chi connectivity index (χ1) is 11.0. The number of hydrogen-bond donors (Lipinski definition) is 2. The zero-order valence-corrected chi connectivity index (χ0v) is 13.5. The summed E-state index contributed by atoms with van der Waals surface area (Å²) in [6, 6.07) is 7.32. The van der Waals surface area contributed by atoms with E-state index in [4.69, 9.17) is 5.14 Å². The monoisotopic (exact) mass is 336 g/mol. The number of aromatic nitrogens is 1. The molecule has 0 spiro atoms. The summed E-state index contributed by atoms with van der Waals surface area (Å²) in [6.45, 7) is 0.774. The minimum atomic E-state index is -3.75. The van der Waals surface area contributed by atoms with Gasteiger partial charge in [-0.25, -0.2) is 9.86 Å². The molecule has 7 nitrogen and oxygen atoms in total. The topological polar surface area (TPSA) is 96.9 Å². The van der Waals surface area contributed by atoms with Gasteiger partial charge >= 0.3 is 0 Å². The van der Waals surface area contributed by atoms with E-state index in [1.807, 2.05) is 35.0 Å². The molecule has 1 fully saturated rings.